The van der Waals surface area contributed by atoms with Crippen LogP contribution in [0.15, 0.2) is 182 Å². The molecule has 0 saturated heterocycles. The first kappa shape index (κ1) is 20.1. The highest BCUT2D eigenvalue weighted by Crippen LogP contribution is 2.46. The summed E-state index contributed by atoms with van der Waals surface area (Å²) in [4.78, 5) is 0. The number of fused-ring (bicyclic) bond motifs is 4. The van der Waals surface area contributed by atoms with Crippen LogP contribution in [0.25, 0.3) is 87.6 Å². The van der Waals surface area contributed by atoms with E-state index in [4.69, 9.17) is 2.74 Å². The molecule has 0 heteroatoms. The third-order valence-corrected chi connectivity index (χ3v) is 8.86. The minimum atomic E-state index is -0.386. The summed E-state index contributed by atoms with van der Waals surface area (Å²) in [5.74, 6) is 0. The summed E-state index contributed by atoms with van der Waals surface area (Å²) < 4.78 is 66.0. The minimum Gasteiger partial charge on any atom is -0.0622 e. The molecule has 0 aromatic heterocycles. The zero-order chi connectivity index (χ0) is 36.5. The maximum absolute atomic E-state index is 10.1. The van der Waals surface area contributed by atoms with E-state index in [1.165, 1.54) is 0 Å². The van der Waals surface area contributed by atoms with Gasteiger partial charge in [0.05, 0.1) is 9.60 Å². The second kappa shape index (κ2) is 10.9. The lowest BCUT2D eigenvalue weighted by molar-refractivity contribution is 1.61. The van der Waals surface area contributed by atoms with Crippen LogP contribution in [0, 0.1) is 0 Å². The van der Waals surface area contributed by atoms with Crippen LogP contribution < -0.4 is 0 Å². The molecule has 0 unspecified atom stereocenters. The van der Waals surface area contributed by atoms with Gasteiger partial charge in [0.1, 0.15) is 0 Å². The average Bonchev–Trinajstić information content (AvgIpc) is 3.20. The maximum Gasteiger partial charge on any atom is 0.0636 e. The Bertz CT molecular complexity index is 2960. The molecule has 9 aromatic rings. The van der Waals surface area contributed by atoms with Crippen molar-refractivity contribution >= 4 is 43.1 Å². The highest BCUT2D eigenvalue weighted by molar-refractivity contribution is 6.22. The van der Waals surface area contributed by atoms with Crippen molar-refractivity contribution in [3.63, 3.8) is 0 Å². The lowest BCUT2D eigenvalue weighted by Gasteiger charge is -2.19. The molecule has 0 radical (unpaired) electrons. The van der Waals surface area contributed by atoms with Gasteiger partial charge < -0.3 is 0 Å². The summed E-state index contributed by atoms with van der Waals surface area (Å²) in [5.41, 5.74) is 4.93. The van der Waals surface area contributed by atoms with Gasteiger partial charge >= 0.3 is 0 Å². The molecule has 0 bridgehead atoms. The molecule has 0 heterocycles. The van der Waals surface area contributed by atoms with Gasteiger partial charge in [0.15, 0.2) is 0 Å². The second-order valence-corrected chi connectivity index (χ2v) is 11.5. The molecule has 214 valence electrons. The highest BCUT2D eigenvalue weighted by Gasteiger charge is 2.18. The molecule has 0 aliphatic heterocycles. The van der Waals surface area contributed by atoms with Gasteiger partial charge in [0.25, 0.3) is 0 Å². The largest absolute Gasteiger partial charge is 0.0636 e. The fourth-order valence-electron chi connectivity index (χ4n) is 6.70. The quantitative estimate of drug-likeness (QED) is 0.179. The first-order valence-corrected chi connectivity index (χ1v) is 15.4. The number of rotatable bonds is 4. The van der Waals surface area contributed by atoms with Crippen LogP contribution in [0.5, 0.6) is 0 Å². The maximum atomic E-state index is 10.1. The van der Waals surface area contributed by atoms with Crippen LogP contribution in [0.1, 0.15) is 9.60 Å². The Kier molecular flexibility index (Phi) is 4.76. The van der Waals surface area contributed by atoms with E-state index >= 15 is 0 Å². The summed E-state index contributed by atoms with van der Waals surface area (Å²) in [6.07, 6.45) is 0. The van der Waals surface area contributed by atoms with Gasteiger partial charge in [-0.25, -0.2) is 0 Å². The van der Waals surface area contributed by atoms with Crippen LogP contribution in [-0.4, -0.2) is 0 Å². The van der Waals surface area contributed by atoms with Gasteiger partial charge in [-0.3, -0.25) is 0 Å². The molecule has 0 atom stereocenters. The Morgan fingerprint density at radius 2 is 0.935 bits per heavy atom. The monoisotopic (exact) mass is 589 g/mol. The standard InChI is InChI=1S/C46H30/c1-2-12-31(13-3-1)35-18-10-19-37(28-35)45-41-21-8-9-22-42(41)46(38-25-24-32-14-4-5-16-34(32)29-38)44-30-36(26-27-43(44)45)40-23-11-17-33-15-6-7-20-39(33)40/h1-30H/i8D,9D,21D,22D,26D,27D,30D. The van der Waals surface area contributed by atoms with Gasteiger partial charge in [0.2, 0.25) is 0 Å². The van der Waals surface area contributed by atoms with Crippen LogP contribution >= 0.6 is 0 Å². The minimum absolute atomic E-state index is 0.0234. The van der Waals surface area contributed by atoms with Crippen molar-refractivity contribution in [2.75, 3.05) is 0 Å². The fourth-order valence-corrected chi connectivity index (χ4v) is 6.70. The molecule has 0 aliphatic carbocycles. The summed E-state index contributed by atoms with van der Waals surface area (Å²) in [5, 5.41) is 4.90. The van der Waals surface area contributed by atoms with Gasteiger partial charge in [-0.2, -0.15) is 0 Å². The molecule has 0 fully saturated rings. The van der Waals surface area contributed by atoms with Crippen LogP contribution in [0.3, 0.4) is 0 Å². The van der Waals surface area contributed by atoms with Crippen molar-refractivity contribution in [1.82, 2.24) is 0 Å². The Hall–Kier alpha value is -5.98. The van der Waals surface area contributed by atoms with E-state index in [0.29, 0.717) is 44.2 Å². The topological polar surface area (TPSA) is 0 Å². The lowest BCUT2D eigenvalue weighted by Crippen LogP contribution is -1.92. The highest BCUT2D eigenvalue weighted by atomic mass is 14.2. The summed E-state index contributed by atoms with van der Waals surface area (Å²) >= 11 is 0. The number of hydrogen-bond donors (Lipinski definition) is 0. The normalized spacial score (nSPS) is 13.6. The molecule has 0 saturated carbocycles. The Morgan fingerprint density at radius 3 is 1.78 bits per heavy atom. The van der Waals surface area contributed by atoms with Crippen LogP contribution in [0.4, 0.5) is 0 Å². The van der Waals surface area contributed by atoms with Crippen molar-refractivity contribution in [1.29, 1.82) is 0 Å². The van der Waals surface area contributed by atoms with Gasteiger partial charge in [0, 0.05) is 0 Å². The van der Waals surface area contributed by atoms with E-state index in [-0.39, 0.29) is 53.1 Å². The molecule has 0 amide bonds. The van der Waals surface area contributed by atoms with E-state index in [0.717, 1.165) is 32.7 Å². The predicted molar refractivity (Wildman–Crippen MR) is 198 cm³/mol. The fraction of sp³-hybridized carbons (Fsp3) is 0. The molecule has 0 aliphatic rings. The first-order valence-electron chi connectivity index (χ1n) is 18.9. The molecular formula is C46H30. The van der Waals surface area contributed by atoms with E-state index in [9.17, 15) is 6.85 Å². The molecule has 46 heavy (non-hydrogen) atoms. The van der Waals surface area contributed by atoms with Crippen LogP contribution in [-0.2, 0) is 0 Å². The van der Waals surface area contributed by atoms with Crippen molar-refractivity contribution in [2.45, 2.75) is 0 Å². The van der Waals surface area contributed by atoms with Crippen molar-refractivity contribution in [3.8, 4) is 44.5 Å². The number of hydrogen-bond acceptors (Lipinski definition) is 0. The first-order chi connectivity index (χ1) is 25.7. The van der Waals surface area contributed by atoms with E-state index in [1.807, 2.05) is 140 Å². The molecule has 9 aromatic carbocycles. The van der Waals surface area contributed by atoms with Crippen LogP contribution in [0.2, 0.25) is 0 Å². The Labute approximate surface area is 278 Å². The summed E-state index contributed by atoms with van der Waals surface area (Å²) in [6.45, 7) is 0. The van der Waals surface area contributed by atoms with E-state index in [2.05, 4.69) is 0 Å². The van der Waals surface area contributed by atoms with Gasteiger partial charge in [-0.05, 0) is 106 Å². The van der Waals surface area contributed by atoms with Gasteiger partial charge in [-0.15, -0.1) is 0 Å². The molecule has 0 spiro atoms. The summed E-state index contributed by atoms with van der Waals surface area (Å²) in [6, 6.07) is 43.5. The Balaban J connectivity index is 1.55. The smallest absolute Gasteiger partial charge is 0.0622 e. The molecular weight excluding hydrogens is 553 g/mol. The van der Waals surface area contributed by atoms with Crippen molar-refractivity contribution in [3.05, 3.63) is 182 Å². The SMILES string of the molecule is [2H]c1c([2H])c([2H])c2c(-c3ccc4ccccc4c3)c3c([2H])c(-c4cccc5ccccc45)c([2H])c([2H])c3c(-c3cccc(-c4ccccc4)c3)c2c1[2H]. The molecule has 9 rings (SSSR count). The summed E-state index contributed by atoms with van der Waals surface area (Å²) in [7, 11) is 0. The number of benzene rings is 9. The van der Waals surface area contributed by atoms with E-state index in [1.54, 1.807) is 0 Å². The molecule has 0 nitrogen and oxygen atoms in total. The van der Waals surface area contributed by atoms with E-state index < -0.39 is 0 Å². The predicted octanol–water partition coefficient (Wildman–Crippen LogP) is 13.0. The zero-order valence-electron chi connectivity index (χ0n) is 31.8. The zero-order valence-corrected chi connectivity index (χ0v) is 24.8. The van der Waals surface area contributed by atoms with Gasteiger partial charge in [-0.1, -0.05) is 164 Å². The lowest BCUT2D eigenvalue weighted by atomic mass is 9.84. The third-order valence-electron chi connectivity index (χ3n) is 8.86. The molecule has 0 N–H and O–H groups in total. The average molecular weight is 590 g/mol. The second-order valence-electron chi connectivity index (χ2n) is 11.5. The third kappa shape index (κ3) is 4.38. The Morgan fingerprint density at radius 1 is 0.326 bits per heavy atom. The van der Waals surface area contributed by atoms with Crippen molar-refractivity contribution < 1.29 is 9.60 Å². The van der Waals surface area contributed by atoms with Crippen molar-refractivity contribution in [2.24, 2.45) is 0 Å².